The van der Waals surface area contributed by atoms with Crippen LogP contribution in [-0.2, 0) is 0 Å². The molecule has 1 aliphatic rings. The summed E-state index contributed by atoms with van der Waals surface area (Å²) in [4.78, 5) is 0. The predicted octanol–water partition coefficient (Wildman–Crippen LogP) is 2.55. The van der Waals surface area contributed by atoms with Crippen molar-refractivity contribution in [1.29, 1.82) is 0 Å². The highest BCUT2D eigenvalue weighted by atomic mass is 127. The van der Waals surface area contributed by atoms with Gasteiger partial charge in [0.2, 0.25) is 0 Å². The third-order valence-corrected chi connectivity index (χ3v) is 2.14. The monoisotopic (exact) mass is 242 g/mol. The van der Waals surface area contributed by atoms with Crippen molar-refractivity contribution in [2.24, 2.45) is 0 Å². The Kier molecular flexibility index (Phi) is 2.21. The van der Waals surface area contributed by atoms with Gasteiger partial charge in [-0.05, 0) is 6.08 Å². The van der Waals surface area contributed by atoms with Crippen LogP contribution in [0.25, 0.3) is 0 Å². The van der Waals surface area contributed by atoms with Crippen molar-refractivity contribution in [2.45, 2.75) is 10.1 Å². The SMILES string of the molecule is FC1=CC=CC(I)C1F. The first kappa shape index (κ1) is 7.18. The Morgan fingerprint density at radius 3 is 2.67 bits per heavy atom. The van der Waals surface area contributed by atoms with Gasteiger partial charge in [-0.2, -0.15) is 0 Å². The van der Waals surface area contributed by atoms with Gasteiger partial charge in [0.05, 0.1) is 3.92 Å². The van der Waals surface area contributed by atoms with Crippen molar-refractivity contribution < 1.29 is 8.78 Å². The summed E-state index contributed by atoms with van der Waals surface area (Å²) in [6.07, 6.45) is 2.88. The zero-order valence-corrected chi connectivity index (χ0v) is 6.68. The second kappa shape index (κ2) is 2.77. The number of rotatable bonds is 0. The molecule has 50 valence electrons. The molecule has 0 nitrogen and oxygen atoms in total. The molecular formula is C6H5F2I. The van der Waals surface area contributed by atoms with Crippen molar-refractivity contribution in [3.8, 4) is 0 Å². The number of hydrogen-bond acceptors (Lipinski definition) is 0. The molecule has 0 saturated heterocycles. The Labute approximate surface area is 65.8 Å². The highest BCUT2D eigenvalue weighted by molar-refractivity contribution is 14.1. The average Bonchev–Trinajstić information content (AvgIpc) is 1.83. The molecule has 0 heterocycles. The minimum atomic E-state index is -1.43. The normalized spacial score (nSPS) is 34.3. The van der Waals surface area contributed by atoms with E-state index in [2.05, 4.69) is 0 Å². The smallest absolute Gasteiger partial charge is 0.166 e. The lowest BCUT2D eigenvalue weighted by molar-refractivity contribution is 0.337. The topological polar surface area (TPSA) is 0 Å². The van der Waals surface area contributed by atoms with Crippen LogP contribution in [0.1, 0.15) is 0 Å². The molecule has 0 aliphatic heterocycles. The van der Waals surface area contributed by atoms with Crippen LogP contribution in [-0.4, -0.2) is 10.1 Å². The zero-order valence-electron chi connectivity index (χ0n) is 4.52. The van der Waals surface area contributed by atoms with Crippen LogP contribution in [0.2, 0.25) is 0 Å². The van der Waals surface area contributed by atoms with E-state index in [1.54, 1.807) is 6.08 Å². The summed E-state index contributed by atoms with van der Waals surface area (Å²) in [5, 5.41) is 0. The summed E-state index contributed by atoms with van der Waals surface area (Å²) in [6.45, 7) is 0. The van der Waals surface area contributed by atoms with E-state index in [4.69, 9.17) is 0 Å². The molecular weight excluding hydrogens is 237 g/mol. The van der Waals surface area contributed by atoms with E-state index in [9.17, 15) is 8.78 Å². The minimum Gasteiger partial charge on any atom is -0.238 e. The van der Waals surface area contributed by atoms with Crippen LogP contribution < -0.4 is 0 Å². The van der Waals surface area contributed by atoms with E-state index >= 15 is 0 Å². The molecule has 0 saturated carbocycles. The molecule has 2 unspecified atom stereocenters. The van der Waals surface area contributed by atoms with E-state index in [1.165, 1.54) is 6.08 Å². The first-order valence-corrected chi connectivity index (χ1v) is 3.78. The number of halogens is 3. The fourth-order valence-corrected chi connectivity index (χ4v) is 1.18. The molecule has 0 amide bonds. The van der Waals surface area contributed by atoms with Crippen molar-refractivity contribution in [3.63, 3.8) is 0 Å². The van der Waals surface area contributed by atoms with Crippen molar-refractivity contribution in [1.82, 2.24) is 0 Å². The largest absolute Gasteiger partial charge is 0.238 e. The Balaban J connectivity index is 2.73. The number of allylic oxidation sites excluding steroid dienone is 4. The molecule has 0 spiro atoms. The second-order valence-electron chi connectivity index (χ2n) is 1.78. The lowest BCUT2D eigenvalue weighted by Gasteiger charge is -2.11. The van der Waals surface area contributed by atoms with Gasteiger partial charge in [-0.1, -0.05) is 34.7 Å². The van der Waals surface area contributed by atoms with Crippen LogP contribution in [0.3, 0.4) is 0 Å². The summed E-state index contributed by atoms with van der Waals surface area (Å²) >= 11 is 1.86. The van der Waals surface area contributed by atoms with Gasteiger partial charge in [-0.15, -0.1) is 0 Å². The molecule has 2 atom stereocenters. The third kappa shape index (κ3) is 1.50. The third-order valence-electron chi connectivity index (χ3n) is 1.09. The molecule has 0 aromatic carbocycles. The number of hydrogen-bond donors (Lipinski definition) is 0. The quantitative estimate of drug-likeness (QED) is 0.452. The zero-order chi connectivity index (χ0) is 6.85. The van der Waals surface area contributed by atoms with Crippen molar-refractivity contribution >= 4 is 22.6 Å². The number of alkyl halides is 2. The molecule has 0 fully saturated rings. The van der Waals surface area contributed by atoms with Gasteiger partial charge in [0.25, 0.3) is 0 Å². The molecule has 0 aromatic rings. The molecule has 3 heteroatoms. The van der Waals surface area contributed by atoms with Gasteiger partial charge in [0.15, 0.2) is 6.17 Å². The average molecular weight is 242 g/mol. The summed E-state index contributed by atoms with van der Waals surface area (Å²) in [5.74, 6) is -0.670. The van der Waals surface area contributed by atoms with E-state index in [1.807, 2.05) is 22.6 Å². The van der Waals surface area contributed by atoms with Crippen LogP contribution >= 0.6 is 22.6 Å². The van der Waals surface area contributed by atoms with Gasteiger partial charge in [0, 0.05) is 0 Å². The lowest BCUT2D eigenvalue weighted by atomic mass is 10.1. The maximum Gasteiger partial charge on any atom is 0.166 e. The highest BCUT2D eigenvalue weighted by Crippen LogP contribution is 2.23. The highest BCUT2D eigenvalue weighted by Gasteiger charge is 2.21. The standard InChI is InChI=1S/C6H5F2I/c7-4-2-1-3-5(9)6(4)8/h1-3,5-6H. The van der Waals surface area contributed by atoms with Gasteiger partial charge < -0.3 is 0 Å². The first-order valence-electron chi connectivity index (χ1n) is 2.54. The van der Waals surface area contributed by atoms with Gasteiger partial charge in [0.1, 0.15) is 5.83 Å². The molecule has 1 rings (SSSR count). The lowest BCUT2D eigenvalue weighted by Crippen LogP contribution is -2.15. The van der Waals surface area contributed by atoms with E-state index < -0.39 is 12.0 Å². The molecule has 1 aliphatic carbocycles. The Morgan fingerprint density at radius 1 is 1.56 bits per heavy atom. The second-order valence-corrected chi connectivity index (χ2v) is 3.22. The fourth-order valence-electron chi connectivity index (χ4n) is 0.595. The molecule has 9 heavy (non-hydrogen) atoms. The van der Waals surface area contributed by atoms with Gasteiger partial charge in [-0.3, -0.25) is 0 Å². The molecule has 0 N–H and O–H groups in total. The predicted molar refractivity (Wildman–Crippen MR) is 41.0 cm³/mol. The van der Waals surface area contributed by atoms with Crippen LogP contribution in [0.4, 0.5) is 8.78 Å². The maximum absolute atomic E-state index is 12.5. The van der Waals surface area contributed by atoms with Crippen molar-refractivity contribution in [3.05, 3.63) is 24.1 Å². The summed E-state index contributed by atoms with van der Waals surface area (Å²) < 4.78 is 24.4. The van der Waals surface area contributed by atoms with Crippen LogP contribution in [0, 0.1) is 0 Å². The summed E-state index contributed by atoms with van der Waals surface area (Å²) in [5.41, 5.74) is 0. The van der Waals surface area contributed by atoms with Crippen LogP contribution in [0.15, 0.2) is 24.1 Å². The molecule has 0 bridgehead atoms. The van der Waals surface area contributed by atoms with Gasteiger partial charge in [-0.25, -0.2) is 8.78 Å². The Bertz CT molecular complexity index is 162. The minimum absolute atomic E-state index is 0.340. The fraction of sp³-hybridized carbons (Fsp3) is 0.333. The van der Waals surface area contributed by atoms with Gasteiger partial charge >= 0.3 is 0 Å². The maximum atomic E-state index is 12.5. The molecule has 0 aromatic heterocycles. The van der Waals surface area contributed by atoms with E-state index in [-0.39, 0.29) is 3.92 Å². The Morgan fingerprint density at radius 2 is 2.22 bits per heavy atom. The Hall–Kier alpha value is 0.0700. The van der Waals surface area contributed by atoms with Crippen molar-refractivity contribution in [2.75, 3.05) is 0 Å². The summed E-state index contributed by atoms with van der Waals surface area (Å²) in [7, 11) is 0. The first-order chi connectivity index (χ1) is 4.22. The van der Waals surface area contributed by atoms with Crippen LogP contribution in [0.5, 0.6) is 0 Å². The molecule has 0 radical (unpaired) electrons. The van der Waals surface area contributed by atoms with E-state index in [0.29, 0.717) is 0 Å². The van der Waals surface area contributed by atoms with E-state index in [0.717, 1.165) is 6.08 Å². The summed E-state index contributed by atoms with van der Waals surface area (Å²) in [6, 6.07) is 0.